The Morgan fingerprint density at radius 3 is 2.43 bits per heavy atom. The molecule has 3 aromatic rings. The third kappa shape index (κ3) is 4.69. The van der Waals surface area contributed by atoms with Crippen molar-refractivity contribution in [2.75, 3.05) is 11.9 Å². The Kier molecular flexibility index (Phi) is 5.96. The molecule has 0 atom stereocenters. The normalized spacial score (nSPS) is 10.4. The van der Waals surface area contributed by atoms with Gasteiger partial charge < -0.3 is 10.1 Å². The first kappa shape index (κ1) is 19.4. The molecule has 142 valence electrons. The van der Waals surface area contributed by atoms with Gasteiger partial charge in [0.1, 0.15) is 0 Å². The van der Waals surface area contributed by atoms with E-state index in [2.05, 4.69) is 10.3 Å². The lowest BCUT2D eigenvalue weighted by molar-refractivity contribution is -0.114. The summed E-state index contributed by atoms with van der Waals surface area (Å²) in [5.41, 5.74) is 2.65. The number of anilines is 1. The molecule has 2 heterocycles. The number of thiophene rings is 1. The average molecular weight is 394 g/mol. The van der Waals surface area contributed by atoms with Crippen LogP contribution < -0.4 is 5.32 Å². The maximum atomic E-state index is 12.3. The Hall–Kier alpha value is -3.32. The number of hydrogen-bond acceptors (Lipinski definition) is 6. The Morgan fingerprint density at radius 2 is 1.82 bits per heavy atom. The summed E-state index contributed by atoms with van der Waals surface area (Å²) in [5, 5.41) is 4.58. The quantitative estimate of drug-likeness (QED) is 0.502. The number of benzene rings is 1. The monoisotopic (exact) mass is 394 g/mol. The van der Waals surface area contributed by atoms with E-state index in [4.69, 9.17) is 4.74 Å². The molecule has 0 aliphatic rings. The third-order valence-corrected chi connectivity index (χ3v) is 4.83. The van der Waals surface area contributed by atoms with Crippen molar-refractivity contribution in [3.63, 3.8) is 0 Å². The number of nitrogens with zero attached hydrogens (tertiary/aromatic N) is 1. The van der Waals surface area contributed by atoms with Gasteiger partial charge >= 0.3 is 5.97 Å². The van der Waals surface area contributed by atoms with Gasteiger partial charge in [0, 0.05) is 18.2 Å². The van der Waals surface area contributed by atoms with Crippen LogP contribution in [0.4, 0.5) is 5.69 Å². The van der Waals surface area contributed by atoms with Crippen LogP contribution in [0.5, 0.6) is 0 Å². The minimum absolute atomic E-state index is 0.193. The standard InChI is InChI=1S/C21H18N2O4S/c1-13-17(9-10-18(22-13)20-4-3-11-28-20)21(26)27-12-19(25)15-5-7-16(8-6-15)23-14(2)24/h3-11H,12H2,1-2H3,(H,23,24). The Balaban J connectivity index is 1.62. The molecule has 0 unspecified atom stereocenters. The highest BCUT2D eigenvalue weighted by Gasteiger charge is 2.15. The van der Waals surface area contributed by atoms with E-state index in [0.29, 0.717) is 22.5 Å². The second-order valence-corrected chi connectivity index (χ2v) is 7.01. The lowest BCUT2D eigenvalue weighted by Crippen LogP contribution is -2.15. The topological polar surface area (TPSA) is 85.4 Å². The first-order chi connectivity index (χ1) is 13.4. The Bertz CT molecular complexity index is 1010. The molecule has 0 radical (unpaired) electrons. The second kappa shape index (κ2) is 8.58. The number of pyridine rings is 1. The molecular formula is C21H18N2O4S. The SMILES string of the molecule is CC(=O)Nc1ccc(C(=O)COC(=O)c2ccc(-c3cccs3)nc2C)cc1. The average Bonchev–Trinajstić information content (AvgIpc) is 3.20. The highest BCUT2D eigenvalue weighted by molar-refractivity contribution is 7.13. The number of aromatic nitrogens is 1. The van der Waals surface area contributed by atoms with Gasteiger partial charge in [-0.2, -0.15) is 0 Å². The van der Waals surface area contributed by atoms with E-state index >= 15 is 0 Å². The molecule has 7 heteroatoms. The Labute approximate surface area is 166 Å². The summed E-state index contributed by atoms with van der Waals surface area (Å²) in [5.74, 6) is -1.11. The van der Waals surface area contributed by atoms with Crippen LogP contribution in [-0.2, 0) is 9.53 Å². The van der Waals surface area contributed by atoms with E-state index in [1.165, 1.54) is 6.92 Å². The summed E-state index contributed by atoms with van der Waals surface area (Å²) in [6.45, 7) is 2.77. The van der Waals surface area contributed by atoms with Crippen LogP contribution >= 0.6 is 11.3 Å². The number of ether oxygens (including phenoxy) is 1. The van der Waals surface area contributed by atoms with E-state index in [9.17, 15) is 14.4 Å². The minimum Gasteiger partial charge on any atom is -0.454 e. The van der Waals surface area contributed by atoms with E-state index in [0.717, 1.165) is 10.6 Å². The van der Waals surface area contributed by atoms with Crippen molar-refractivity contribution >= 4 is 34.7 Å². The summed E-state index contributed by atoms with van der Waals surface area (Å²) in [6.07, 6.45) is 0. The van der Waals surface area contributed by atoms with Crippen LogP contribution in [0.25, 0.3) is 10.6 Å². The van der Waals surface area contributed by atoms with Crippen LogP contribution in [0.1, 0.15) is 33.3 Å². The number of Topliss-reactive ketones (excluding diaryl/α,β-unsaturated/α-hetero) is 1. The predicted molar refractivity (Wildman–Crippen MR) is 108 cm³/mol. The number of aryl methyl sites for hydroxylation is 1. The van der Waals surface area contributed by atoms with E-state index in [1.54, 1.807) is 54.7 Å². The molecule has 0 bridgehead atoms. The molecule has 3 rings (SSSR count). The smallest absolute Gasteiger partial charge is 0.340 e. The van der Waals surface area contributed by atoms with Gasteiger partial charge in [-0.05, 0) is 54.8 Å². The highest BCUT2D eigenvalue weighted by atomic mass is 32.1. The zero-order chi connectivity index (χ0) is 20.1. The first-order valence-corrected chi connectivity index (χ1v) is 9.41. The van der Waals surface area contributed by atoms with E-state index in [-0.39, 0.29) is 18.3 Å². The van der Waals surface area contributed by atoms with Crippen molar-refractivity contribution in [2.45, 2.75) is 13.8 Å². The molecule has 0 aliphatic carbocycles. The van der Waals surface area contributed by atoms with Crippen molar-refractivity contribution in [3.05, 3.63) is 70.7 Å². The van der Waals surface area contributed by atoms with Crippen molar-refractivity contribution < 1.29 is 19.1 Å². The van der Waals surface area contributed by atoms with Gasteiger partial charge in [-0.1, -0.05) is 6.07 Å². The molecule has 1 amide bonds. The van der Waals surface area contributed by atoms with Crippen LogP contribution in [0.15, 0.2) is 53.9 Å². The lowest BCUT2D eigenvalue weighted by Gasteiger charge is -2.08. The number of esters is 1. The van der Waals surface area contributed by atoms with Crippen LogP contribution in [-0.4, -0.2) is 29.3 Å². The maximum absolute atomic E-state index is 12.3. The second-order valence-electron chi connectivity index (χ2n) is 6.06. The van der Waals surface area contributed by atoms with Crippen LogP contribution in [0.2, 0.25) is 0 Å². The summed E-state index contributed by atoms with van der Waals surface area (Å²) < 4.78 is 5.15. The van der Waals surface area contributed by atoms with Gasteiger partial charge in [-0.3, -0.25) is 14.6 Å². The highest BCUT2D eigenvalue weighted by Crippen LogP contribution is 2.24. The molecular weight excluding hydrogens is 376 g/mol. The number of carbonyl (C=O) groups excluding carboxylic acids is 3. The van der Waals surface area contributed by atoms with E-state index in [1.807, 2.05) is 17.5 Å². The summed E-state index contributed by atoms with van der Waals surface area (Å²) in [7, 11) is 0. The first-order valence-electron chi connectivity index (χ1n) is 8.53. The van der Waals surface area contributed by atoms with Gasteiger partial charge in [0.2, 0.25) is 5.91 Å². The number of hydrogen-bond donors (Lipinski definition) is 1. The molecule has 6 nitrogen and oxygen atoms in total. The summed E-state index contributed by atoms with van der Waals surface area (Å²) in [6, 6.07) is 13.7. The lowest BCUT2D eigenvalue weighted by atomic mass is 10.1. The number of ketones is 1. The van der Waals surface area contributed by atoms with E-state index < -0.39 is 5.97 Å². The van der Waals surface area contributed by atoms with Crippen molar-refractivity contribution in [2.24, 2.45) is 0 Å². The molecule has 28 heavy (non-hydrogen) atoms. The molecule has 1 N–H and O–H groups in total. The van der Waals surface area contributed by atoms with Crippen molar-refractivity contribution in [1.82, 2.24) is 4.98 Å². The predicted octanol–water partition coefficient (Wildman–Crippen LogP) is 4.12. The fourth-order valence-electron chi connectivity index (χ4n) is 2.57. The molecule has 0 aliphatic heterocycles. The molecule has 0 fully saturated rings. The van der Waals surface area contributed by atoms with Crippen molar-refractivity contribution in [1.29, 1.82) is 0 Å². The molecule has 2 aromatic heterocycles. The summed E-state index contributed by atoms with van der Waals surface area (Å²) >= 11 is 1.57. The number of amides is 1. The fraction of sp³-hybridized carbons (Fsp3) is 0.143. The Morgan fingerprint density at radius 1 is 1.07 bits per heavy atom. The zero-order valence-corrected chi connectivity index (χ0v) is 16.2. The molecule has 0 saturated heterocycles. The van der Waals surface area contributed by atoms with Gasteiger partial charge in [0.05, 0.1) is 21.8 Å². The third-order valence-electron chi connectivity index (χ3n) is 3.94. The number of carbonyl (C=O) groups is 3. The molecule has 0 spiro atoms. The number of nitrogens with one attached hydrogen (secondary N) is 1. The largest absolute Gasteiger partial charge is 0.454 e. The summed E-state index contributed by atoms with van der Waals surface area (Å²) in [4.78, 5) is 41.0. The zero-order valence-electron chi connectivity index (χ0n) is 15.4. The van der Waals surface area contributed by atoms with Crippen LogP contribution in [0, 0.1) is 6.92 Å². The van der Waals surface area contributed by atoms with Gasteiger partial charge in [0.25, 0.3) is 0 Å². The minimum atomic E-state index is -0.592. The molecule has 1 aromatic carbocycles. The number of rotatable bonds is 6. The molecule has 0 saturated carbocycles. The van der Waals surface area contributed by atoms with Crippen molar-refractivity contribution in [3.8, 4) is 10.6 Å². The van der Waals surface area contributed by atoms with Gasteiger partial charge in [-0.15, -0.1) is 11.3 Å². The van der Waals surface area contributed by atoms with Crippen LogP contribution in [0.3, 0.4) is 0 Å². The van der Waals surface area contributed by atoms with Gasteiger partial charge in [-0.25, -0.2) is 4.79 Å². The maximum Gasteiger partial charge on any atom is 0.340 e. The van der Waals surface area contributed by atoms with Gasteiger partial charge in [0.15, 0.2) is 12.4 Å². The fourth-order valence-corrected chi connectivity index (χ4v) is 3.27.